The van der Waals surface area contributed by atoms with Gasteiger partial charge in [-0.3, -0.25) is 0 Å². The Balaban J connectivity index is 1.50. The highest BCUT2D eigenvalue weighted by Gasteiger charge is 2.23. The number of benzene rings is 3. The van der Waals surface area contributed by atoms with Gasteiger partial charge in [0.15, 0.2) is 5.82 Å². The first-order valence-corrected chi connectivity index (χ1v) is 10.4. The van der Waals surface area contributed by atoms with E-state index in [1.54, 1.807) is 0 Å². The predicted molar refractivity (Wildman–Crippen MR) is 121 cm³/mol. The van der Waals surface area contributed by atoms with Crippen molar-refractivity contribution in [2.45, 2.75) is 0 Å². The standard InChI is InChI=1S/C24H19ClF2N4/c25-19-6-2-4-8-22(19)30-11-13-31(14-12-30)24-18-5-1-3-7-21(18)28-23(29-24)17-10-9-16(26)15-20(17)27/h1-10,15H,11-14H2. The van der Waals surface area contributed by atoms with E-state index in [4.69, 9.17) is 16.6 Å². The zero-order valence-electron chi connectivity index (χ0n) is 16.6. The van der Waals surface area contributed by atoms with Crippen LogP contribution in [0.3, 0.4) is 0 Å². The normalized spacial score (nSPS) is 14.3. The van der Waals surface area contributed by atoms with Gasteiger partial charge in [0, 0.05) is 37.6 Å². The molecule has 4 aromatic rings. The van der Waals surface area contributed by atoms with Crippen LogP contribution in [-0.2, 0) is 0 Å². The van der Waals surface area contributed by atoms with Gasteiger partial charge in [0.25, 0.3) is 0 Å². The van der Waals surface area contributed by atoms with Gasteiger partial charge in [0.05, 0.1) is 21.8 Å². The Morgan fingerprint density at radius 1 is 0.774 bits per heavy atom. The fourth-order valence-corrected chi connectivity index (χ4v) is 4.21. The molecule has 0 bridgehead atoms. The summed E-state index contributed by atoms with van der Waals surface area (Å²) in [6.07, 6.45) is 0. The molecule has 3 aromatic carbocycles. The molecule has 0 aliphatic carbocycles. The lowest BCUT2D eigenvalue weighted by Gasteiger charge is -2.37. The highest BCUT2D eigenvalue weighted by atomic mass is 35.5. The number of nitrogens with zero attached hydrogens (tertiary/aromatic N) is 4. The van der Waals surface area contributed by atoms with E-state index in [-0.39, 0.29) is 11.4 Å². The van der Waals surface area contributed by atoms with Crippen LogP contribution in [0.1, 0.15) is 0 Å². The van der Waals surface area contributed by atoms with Crippen molar-refractivity contribution in [2.24, 2.45) is 0 Å². The van der Waals surface area contributed by atoms with E-state index in [9.17, 15) is 8.78 Å². The number of anilines is 2. The number of hydrogen-bond acceptors (Lipinski definition) is 4. The molecular formula is C24H19ClF2N4. The maximum Gasteiger partial charge on any atom is 0.165 e. The van der Waals surface area contributed by atoms with E-state index in [2.05, 4.69) is 14.8 Å². The Hall–Kier alpha value is -3.25. The van der Waals surface area contributed by atoms with Crippen molar-refractivity contribution in [1.29, 1.82) is 0 Å². The highest BCUT2D eigenvalue weighted by molar-refractivity contribution is 6.33. The van der Waals surface area contributed by atoms with Crippen LogP contribution < -0.4 is 9.80 Å². The quantitative estimate of drug-likeness (QED) is 0.421. The summed E-state index contributed by atoms with van der Waals surface area (Å²) in [5, 5.41) is 1.64. The summed E-state index contributed by atoms with van der Waals surface area (Å²) in [7, 11) is 0. The van der Waals surface area contributed by atoms with E-state index in [0.29, 0.717) is 0 Å². The third-order valence-corrected chi connectivity index (χ3v) is 5.85. The molecule has 1 aliphatic rings. The Kier molecular flexibility index (Phi) is 5.16. The van der Waals surface area contributed by atoms with Gasteiger partial charge in [-0.15, -0.1) is 0 Å². The highest BCUT2D eigenvalue weighted by Crippen LogP contribution is 2.31. The van der Waals surface area contributed by atoms with Crippen molar-refractivity contribution < 1.29 is 8.78 Å². The third kappa shape index (κ3) is 3.79. The van der Waals surface area contributed by atoms with Gasteiger partial charge in [-0.25, -0.2) is 18.7 Å². The predicted octanol–water partition coefficient (Wildman–Crippen LogP) is 5.56. The number of para-hydroxylation sites is 2. The minimum absolute atomic E-state index is 0.183. The summed E-state index contributed by atoms with van der Waals surface area (Å²) in [4.78, 5) is 13.7. The molecule has 0 N–H and O–H groups in total. The van der Waals surface area contributed by atoms with Crippen LogP contribution in [0.4, 0.5) is 20.3 Å². The van der Waals surface area contributed by atoms with Gasteiger partial charge in [-0.05, 0) is 36.4 Å². The summed E-state index contributed by atoms with van der Waals surface area (Å²) < 4.78 is 27.8. The average molecular weight is 437 g/mol. The summed E-state index contributed by atoms with van der Waals surface area (Å²) in [6, 6.07) is 19.0. The van der Waals surface area contributed by atoms with Crippen LogP contribution in [0.2, 0.25) is 5.02 Å². The van der Waals surface area contributed by atoms with E-state index in [1.807, 2.05) is 48.5 Å². The van der Waals surface area contributed by atoms with Crippen LogP contribution >= 0.6 is 11.6 Å². The minimum Gasteiger partial charge on any atom is -0.367 e. The van der Waals surface area contributed by atoms with Gasteiger partial charge in [-0.1, -0.05) is 35.9 Å². The third-order valence-electron chi connectivity index (χ3n) is 5.53. The van der Waals surface area contributed by atoms with E-state index in [1.165, 1.54) is 12.1 Å². The lowest BCUT2D eigenvalue weighted by atomic mass is 10.1. The number of fused-ring (bicyclic) bond motifs is 1. The zero-order chi connectivity index (χ0) is 21.4. The monoisotopic (exact) mass is 436 g/mol. The molecule has 2 heterocycles. The molecule has 7 heteroatoms. The summed E-state index contributed by atoms with van der Waals surface area (Å²) in [5.74, 6) is -0.300. The first kappa shape index (κ1) is 19.7. The number of hydrogen-bond donors (Lipinski definition) is 0. The second-order valence-electron chi connectivity index (χ2n) is 7.44. The van der Waals surface area contributed by atoms with Crippen LogP contribution in [-0.4, -0.2) is 36.1 Å². The van der Waals surface area contributed by atoms with Crippen molar-refractivity contribution in [2.75, 3.05) is 36.0 Å². The van der Waals surface area contributed by atoms with Crippen molar-refractivity contribution >= 4 is 34.0 Å². The summed E-state index contributed by atoms with van der Waals surface area (Å²) >= 11 is 6.37. The molecule has 0 spiro atoms. The fraction of sp³-hybridized carbons (Fsp3) is 0.167. The molecule has 1 saturated heterocycles. The maximum atomic E-state index is 14.4. The van der Waals surface area contributed by atoms with E-state index >= 15 is 0 Å². The molecule has 1 aromatic heterocycles. The first-order valence-electron chi connectivity index (χ1n) is 10.1. The topological polar surface area (TPSA) is 32.3 Å². The van der Waals surface area contributed by atoms with Gasteiger partial charge in [-0.2, -0.15) is 0 Å². The molecule has 4 nitrogen and oxygen atoms in total. The Bertz CT molecular complexity index is 1260. The lowest BCUT2D eigenvalue weighted by molar-refractivity contribution is 0.585. The lowest BCUT2D eigenvalue weighted by Crippen LogP contribution is -2.47. The van der Waals surface area contributed by atoms with E-state index in [0.717, 1.165) is 59.7 Å². The molecule has 1 fully saturated rings. The molecule has 0 radical (unpaired) electrons. The molecule has 31 heavy (non-hydrogen) atoms. The van der Waals surface area contributed by atoms with Crippen molar-refractivity contribution in [3.8, 4) is 11.4 Å². The number of piperazine rings is 1. The van der Waals surface area contributed by atoms with Crippen LogP contribution in [0, 0.1) is 11.6 Å². The van der Waals surface area contributed by atoms with E-state index < -0.39 is 11.6 Å². The zero-order valence-corrected chi connectivity index (χ0v) is 17.4. The second-order valence-corrected chi connectivity index (χ2v) is 7.84. The fourth-order valence-electron chi connectivity index (χ4n) is 3.96. The molecule has 0 saturated carbocycles. The van der Waals surface area contributed by atoms with Gasteiger partial charge < -0.3 is 9.80 Å². The maximum absolute atomic E-state index is 14.4. The molecular weight excluding hydrogens is 418 g/mol. The van der Waals surface area contributed by atoms with Gasteiger partial charge in [0.1, 0.15) is 17.5 Å². The average Bonchev–Trinajstić information content (AvgIpc) is 2.79. The van der Waals surface area contributed by atoms with Crippen LogP contribution in [0.5, 0.6) is 0 Å². The second kappa shape index (κ2) is 8.12. The largest absolute Gasteiger partial charge is 0.367 e. The summed E-state index contributed by atoms with van der Waals surface area (Å²) in [5.41, 5.74) is 1.92. The Labute approximate surface area is 183 Å². The summed E-state index contributed by atoms with van der Waals surface area (Å²) in [6.45, 7) is 3.03. The Morgan fingerprint density at radius 2 is 1.48 bits per heavy atom. The molecule has 0 amide bonds. The Morgan fingerprint density at radius 3 is 2.26 bits per heavy atom. The number of aromatic nitrogens is 2. The number of halogens is 3. The van der Waals surface area contributed by atoms with Crippen molar-refractivity contribution in [3.05, 3.63) is 83.4 Å². The SMILES string of the molecule is Fc1ccc(-c2nc(N3CCN(c4ccccc4Cl)CC3)c3ccccc3n2)c(F)c1. The van der Waals surface area contributed by atoms with Crippen LogP contribution in [0.15, 0.2) is 66.7 Å². The van der Waals surface area contributed by atoms with Crippen molar-refractivity contribution in [3.63, 3.8) is 0 Å². The van der Waals surface area contributed by atoms with Crippen molar-refractivity contribution in [1.82, 2.24) is 9.97 Å². The molecule has 0 atom stereocenters. The smallest absolute Gasteiger partial charge is 0.165 e. The molecule has 1 aliphatic heterocycles. The molecule has 5 rings (SSSR count). The minimum atomic E-state index is -0.676. The first-order chi connectivity index (χ1) is 15.1. The van der Waals surface area contributed by atoms with Gasteiger partial charge >= 0.3 is 0 Å². The van der Waals surface area contributed by atoms with Gasteiger partial charge in [0.2, 0.25) is 0 Å². The number of rotatable bonds is 3. The molecule has 0 unspecified atom stereocenters. The van der Waals surface area contributed by atoms with Crippen LogP contribution in [0.25, 0.3) is 22.3 Å². The molecule has 156 valence electrons.